The highest BCUT2D eigenvalue weighted by molar-refractivity contribution is 5.95. The standard InChI is InChI=1S/C33H28N4O3/c1-33(16-6-17-33)22-13-10-20(11-14-22)29-28(21-12-15-24(27(38)19-21)32(39)40-2)36-31-23-7-3-4-8-25(23)35-30-26(37(29)31)9-5-18-34-30/h3-5,7-15,18-19,38H,6,16-17H2,1-2H3,(H,34,35). The van der Waals surface area contributed by atoms with Gasteiger partial charge in [0.2, 0.25) is 0 Å². The number of aromatic nitrogens is 3. The Labute approximate surface area is 232 Å². The molecule has 1 fully saturated rings. The number of aromatic hydroxyl groups is 1. The molecule has 0 radical (unpaired) electrons. The molecule has 5 aromatic rings. The van der Waals surface area contributed by atoms with E-state index in [0.29, 0.717) is 11.3 Å². The van der Waals surface area contributed by atoms with Crippen LogP contribution in [0.2, 0.25) is 0 Å². The maximum Gasteiger partial charge on any atom is 0.341 e. The number of rotatable bonds is 4. The molecule has 0 saturated heterocycles. The highest BCUT2D eigenvalue weighted by Crippen LogP contribution is 2.47. The van der Waals surface area contributed by atoms with Crippen molar-refractivity contribution in [2.24, 2.45) is 0 Å². The number of nitrogens with zero attached hydrogens (tertiary/aromatic N) is 3. The topological polar surface area (TPSA) is 89.3 Å². The number of para-hydroxylation sites is 1. The number of carbonyl (C=O) groups is 1. The van der Waals surface area contributed by atoms with Gasteiger partial charge in [0.15, 0.2) is 5.82 Å². The van der Waals surface area contributed by atoms with E-state index < -0.39 is 5.97 Å². The minimum absolute atomic E-state index is 0.107. The van der Waals surface area contributed by atoms with Gasteiger partial charge in [0.05, 0.1) is 29.9 Å². The zero-order chi connectivity index (χ0) is 27.4. The lowest BCUT2D eigenvalue weighted by atomic mass is 9.66. The molecule has 1 aliphatic heterocycles. The third-order valence-corrected chi connectivity index (χ3v) is 8.31. The van der Waals surface area contributed by atoms with Crippen molar-refractivity contribution in [2.45, 2.75) is 31.6 Å². The first kappa shape index (κ1) is 24.2. The molecular formula is C33H28N4O3. The summed E-state index contributed by atoms with van der Waals surface area (Å²) in [6, 6.07) is 25.7. The number of hydrogen-bond acceptors (Lipinski definition) is 6. The molecular weight excluding hydrogens is 500 g/mol. The lowest BCUT2D eigenvalue weighted by Gasteiger charge is -2.39. The first-order chi connectivity index (χ1) is 19.5. The van der Waals surface area contributed by atoms with Crippen LogP contribution in [0, 0.1) is 0 Å². The first-order valence-corrected chi connectivity index (χ1v) is 13.4. The number of anilines is 2. The molecule has 0 amide bonds. The summed E-state index contributed by atoms with van der Waals surface area (Å²) >= 11 is 0. The van der Waals surface area contributed by atoms with Gasteiger partial charge in [-0.05, 0) is 60.2 Å². The van der Waals surface area contributed by atoms with Crippen LogP contribution in [0.1, 0.15) is 42.1 Å². The van der Waals surface area contributed by atoms with E-state index in [9.17, 15) is 9.90 Å². The fourth-order valence-electron chi connectivity index (χ4n) is 5.88. The number of pyridine rings is 1. The first-order valence-electron chi connectivity index (χ1n) is 13.4. The van der Waals surface area contributed by atoms with Gasteiger partial charge in [-0.2, -0.15) is 0 Å². The number of carbonyl (C=O) groups excluding carboxylic acids is 1. The number of hydrogen-bond donors (Lipinski definition) is 2. The molecule has 7 nitrogen and oxygen atoms in total. The number of phenols is 1. The normalized spacial score (nSPS) is 14.6. The van der Waals surface area contributed by atoms with Crippen molar-refractivity contribution in [1.29, 1.82) is 0 Å². The summed E-state index contributed by atoms with van der Waals surface area (Å²) in [6.45, 7) is 2.33. The lowest BCUT2D eigenvalue weighted by Crippen LogP contribution is -2.30. The fraction of sp³-hybridized carbons (Fsp3) is 0.182. The maximum absolute atomic E-state index is 12.2. The van der Waals surface area contributed by atoms with Crippen LogP contribution >= 0.6 is 0 Å². The molecule has 2 aliphatic rings. The Morgan fingerprint density at radius 2 is 1.77 bits per heavy atom. The quantitative estimate of drug-likeness (QED) is 0.234. The SMILES string of the molecule is COC(=O)c1ccc(-c2nc3n(c2-c2ccc(C4(C)CCC4)cc2)-c2cccnc2Nc2ccccc2-3)cc1O. The fourth-order valence-corrected chi connectivity index (χ4v) is 5.88. The van der Waals surface area contributed by atoms with E-state index in [4.69, 9.17) is 9.72 Å². The Kier molecular flexibility index (Phi) is 5.49. The van der Waals surface area contributed by atoms with E-state index in [1.165, 1.54) is 31.9 Å². The van der Waals surface area contributed by atoms with Crippen molar-refractivity contribution in [3.8, 4) is 45.3 Å². The van der Waals surface area contributed by atoms with Gasteiger partial charge in [-0.1, -0.05) is 55.8 Å². The minimum atomic E-state index is -0.593. The number of fused-ring (bicyclic) bond motifs is 5. The summed E-state index contributed by atoms with van der Waals surface area (Å²) in [7, 11) is 1.30. The molecule has 198 valence electrons. The van der Waals surface area contributed by atoms with Gasteiger partial charge in [-0.3, -0.25) is 4.57 Å². The van der Waals surface area contributed by atoms with Gasteiger partial charge in [-0.15, -0.1) is 0 Å². The van der Waals surface area contributed by atoms with Gasteiger partial charge in [0.1, 0.15) is 17.1 Å². The van der Waals surface area contributed by atoms with Crippen LogP contribution in [0.3, 0.4) is 0 Å². The third-order valence-electron chi connectivity index (χ3n) is 8.31. The van der Waals surface area contributed by atoms with Crippen molar-refractivity contribution in [3.63, 3.8) is 0 Å². The maximum atomic E-state index is 12.2. The summed E-state index contributed by atoms with van der Waals surface area (Å²) in [4.78, 5) is 22.0. The summed E-state index contributed by atoms with van der Waals surface area (Å²) in [6.07, 6.45) is 5.44. The van der Waals surface area contributed by atoms with Gasteiger partial charge in [0, 0.05) is 22.9 Å². The molecule has 0 atom stereocenters. The van der Waals surface area contributed by atoms with E-state index in [1.807, 2.05) is 36.4 Å². The highest BCUT2D eigenvalue weighted by Gasteiger charge is 2.34. The second-order valence-corrected chi connectivity index (χ2v) is 10.7. The van der Waals surface area contributed by atoms with E-state index in [2.05, 4.69) is 46.1 Å². The molecule has 7 heteroatoms. The molecule has 40 heavy (non-hydrogen) atoms. The molecule has 1 saturated carbocycles. The minimum Gasteiger partial charge on any atom is -0.507 e. The predicted molar refractivity (Wildman–Crippen MR) is 155 cm³/mol. The van der Waals surface area contributed by atoms with Gasteiger partial charge in [-0.25, -0.2) is 14.8 Å². The summed E-state index contributed by atoms with van der Waals surface area (Å²) in [5, 5.41) is 14.3. The zero-order valence-electron chi connectivity index (χ0n) is 22.3. The second-order valence-electron chi connectivity index (χ2n) is 10.7. The Hall–Kier alpha value is -4.91. The van der Waals surface area contributed by atoms with Crippen LogP contribution in [0.4, 0.5) is 11.5 Å². The van der Waals surface area contributed by atoms with Crippen molar-refractivity contribution >= 4 is 17.5 Å². The number of imidazole rings is 1. The zero-order valence-corrected chi connectivity index (χ0v) is 22.3. The monoisotopic (exact) mass is 528 g/mol. The Morgan fingerprint density at radius 3 is 2.50 bits per heavy atom. The molecule has 3 heterocycles. The molecule has 0 bridgehead atoms. The van der Waals surface area contributed by atoms with Crippen LogP contribution in [0.25, 0.3) is 39.6 Å². The van der Waals surface area contributed by atoms with E-state index in [0.717, 1.165) is 39.8 Å². The molecule has 0 spiro atoms. The van der Waals surface area contributed by atoms with Crippen LogP contribution in [0.5, 0.6) is 5.75 Å². The van der Waals surface area contributed by atoms with Crippen molar-refractivity contribution in [2.75, 3.05) is 12.4 Å². The number of esters is 1. The lowest BCUT2D eigenvalue weighted by molar-refractivity contribution is 0.0597. The Balaban J connectivity index is 1.51. The van der Waals surface area contributed by atoms with E-state index in [1.54, 1.807) is 24.4 Å². The largest absolute Gasteiger partial charge is 0.507 e. The molecule has 2 aromatic heterocycles. The number of phenolic OH excluding ortho intramolecular Hbond substituents is 1. The van der Waals surface area contributed by atoms with Gasteiger partial charge in [0.25, 0.3) is 0 Å². The number of ether oxygens (including phenoxy) is 1. The molecule has 3 aromatic carbocycles. The summed E-state index contributed by atoms with van der Waals surface area (Å²) in [5.41, 5.74) is 7.62. The average molecular weight is 529 g/mol. The van der Waals surface area contributed by atoms with Crippen molar-refractivity contribution in [3.05, 3.63) is 96.2 Å². The molecule has 0 unspecified atom stereocenters. The predicted octanol–water partition coefficient (Wildman–Crippen LogP) is 7.26. The van der Waals surface area contributed by atoms with E-state index in [-0.39, 0.29) is 16.7 Å². The number of methoxy groups -OCH3 is 1. The second kappa shape index (κ2) is 9.09. The third kappa shape index (κ3) is 3.69. The van der Waals surface area contributed by atoms with Crippen molar-refractivity contribution < 1.29 is 14.6 Å². The molecule has 1 aliphatic carbocycles. The average Bonchev–Trinajstić information content (AvgIpc) is 3.30. The summed E-state index contributed by atoms with van der Waals surface area (Å²) in [5.74, 6) is 0.730. The van der Waals surface area contributed by atoms with Crippen LogP contribution in [-0.4, -0.2) is 32.7 Å². The number of benzene rings is 3. The smallest absolute Gasteiger partial charge is 0.341 e. The van der Waals surface area contributed by atoms with Crippen molar-refractivity contribution in [1.82, 2.24) is 14.5 Å². The summed E-state index contributed by atoms with van der Waals surface area (Å²) < 4.78 is 6.97. The van der Waals surface area contributed by atoms with Crippen LogP contribution in [0.15, 0.2) is 85.1 Å². The van der Waals surface area contributed by atoms with Crippen LogP contribution in [-0.2, 0) is 10.2 Å². The molecule has 2 N–H and O–H groups in total. The van der Waals surface area contributed by atoms with Crippen LogP contribution < -0.4 is 5.32 Å². The Morgan fingerprint density at radius 1 is 1.00 bits per heavy atom. The highest BCUT2D eigenvalue weighted by atomic mass is 16.5. The van der Waals surface area contributed by atoms with E-state index >= 15 is 0 Å². The molecule has 7 rings (SSSR count). The van der Waals surface area contributed by atoms with Gasteiger partial charge < -0.3 is 15.2 Å². The van der Waals surface area contributed by atoms with Gasteiger partial charge >= 0.3 is 5.97 Å². The Bertz CT molecular complexity index is 1780. The number of nitrogens with one attached hydrogen (secondary N) is 1.